The van der Waals surface area contributed by atoms with E-state index in [-0.39, 0.29) is 24.3 Å². The molecule has 140 valence electrons. The zero-order chi connectivity index (χ0) is 19.0. The van der Waals surface area contributed by atoms with E-state index in [1.807, 2.05) is 36.4 Å². The number of benzene rings is 2. The van der Waals surface area contributed by atoms with E-state index in [2.05, 4.69) is 25.7 Å². The number of anilines is 2. The summed E-state index contributed by atoms with van der Waals surface area (Å²) in [4.78, 5) is 31.1. The highest BCUT2D eigenvalue weighted by Crippen LogP contribution is 2.30. The standard InChI is InChI=1S/C20H19BrClN3O2/c21-14-4-3-5-15(12-14)25-19(26)13-18(20(25)27)24-10-8-23(9-11-24)17-7-2-1-6-16(17)22/h1-7,12,18H,8-11,13H2/t18-/m1/s1. The molecular formula is C20H19BrClN3O2. The number of piperazine rings is 1. The Labute approximate surface area is 171 Å². The lowest BCUT2D eigenvalue weighted by atomic mass is 10.1. The van der Waals surface area contributed by atoms with Crippen molar-refractivity contribution < 1.29 is 9.59 Å². The monoisotopic (exact) mass is 447 g/mol. The van der Waals surface area contributed by atoms with E-state index in [0.29, 0.717) is 5.69 Å². The Morgan fingerprint density at radius 3 is 2.41 bits per heavy atom. The first-order valence-electron chi connectivity index (χ1n) is 8.90. The second-order valence-electron chi connectivity index (χ2n) is 6.74. The minimum absolute atomic E-state index is 0.135. The van der Waals surface area contributed by atoms with Gasteiger partial charge >= 0.3 is 0 Å². The lowest BCUT2D eigenvalue weighted by Gasteiger charge is -2.38. The topological polar surface area (TPSA) is 43.9 Å². The van der Waals surface area contributed by atoms with Crippen molar-refractivity contribution in [3.63, 3.8) is 0 Å². The van der Waals surface area contributed by atoms with Gasteiger partial charge in [-0.2, -0.15) is 0 Å². The van der Waals surface area contributed by atoms with Crippen molar-refractivity contribution in [1.82, 2.24) is 4.90 Å². The summed E-state index contributed by atoms with van der Waals surface area (Å²) >= 11 is 9.70. The summed E-state index contributed by atoms with van der Waals surface area (Å²) in [6.07, 6.45) is 0.234. The SMILES string of the molecule is O=C1C[C@@H](N2CCN(c3ccccc3Cl)CC2)C(=O)N1c1cccc(Br)c1. The second-order valence-corrected chi connectivity index (χ2v) is 8.06. The number of imide groups is 1. The maximum atomic E-state index is 12.9. The van der Waals surface area contributed by atoms with Crippen molar-refractivity contribution in [2.45, 2.75) is 12.5 Å². The molecule has 2 amide bonds. The van der Waals surface area contributed by atoms with Crippen LogP contribution in [0.5, 0.6) is 0 Å². The maximum Gasteiger partial charge on any atom is 0.251 e. The van der Waals surface area contributed by atoms with Crippen LogP contribution in [0.3, 0.4) is 0 Å². The molecule has 2 aliphatic rings. The molecule has 1 atom stereocenters. The first-order chi connectivity index (χ1) is 13.0. The molecule has 7 heteroatoms. The van der Waals surface area contributed by atoms with Gasteiger partial charge in [0.1, 0.15) is 0 Å². The fourth-order valence-corrected chi connectivity index (χ4v) is 4.41. The average molecular weight is 449 g/mol. The number of hydrogen-bond donors (Lipinski definition) is 0. The molecule has 2 aromatic rings. The van der Waals surface area contributed by atoms with Gasteiger partial charge in [-0.25, -0.2) is 4.90 Å². The molecule has 2 heterocycles. The maximum absolute atomic E-state index is 12.9. The van der Waals surface area contributed by atoms with Crippen molar-refractivity contribution in [2.75, 3.05) is 36.0 Å². The number of carbonyl (C=O) groups excluding carboxylic acids is 2. The van der Waals surface area contributed by atoms with E-state index in [0.717, 1.165) is 41.4 Å². The molecule has 0 radical (unpaired) electrons. The van der Waals surface area contributed by atoms with Crippen LogP contribution in [-0.4, -0.2) is 48.9 Å². The Hall–Kier alpha value is -1.89. The summed E-state index contributed by atoms with van der Waals surface area (Å²) in [5.74, 6) is -0.277. The molecule has 27 heavy (non-hydrogen) atoms. The third kappa shape index (κ3) is 3.61. The zero-order valence-electron chi connectivity index (χ0n) is 14.6. The van der Waals surface area contributed by atoms with Crippen molar-refractivity contribution in [3.05, 3.63) is 58.0 Å². The van der Waals surface area contributed by atoms with Crippen LogP contribution in [0.25, 0.3) is 0 Å². The van der Waals surface area contributed by atoms with Crippen LogP contribution >= 0.6 is 27.5 Å². The van der Waals surface area contributed by atoms with E-state index in [1.54, 1.807) is 12.1 Å². The molecule has 4 rings (SSSR count). The molecule has 0 spiro atoms. The van der Waals surface area contributed by atoms with Gasteiger partial charge in [-0.3, -0.25) is 14.5 Å². The number of amides is 2. The van der Waals surface area contributed by atoms with E-state index in [9.17, 15) is 9.59 Å². The normalized spacial score (nSPS) is 21.2. The lowest BCUT2D eigenvalue weighted by Crippen LogP contribution is -2.52. The first kappa shape index (κ1) is 18.5. The summed E-state index contributed by atoms with van der Waals surface area (Å²) in [5.41, 5.74) is 1.64. The predicted molar refractivity (Wildman–Crippen MR) is 110 cm³/mol. The smallest absolute Gasteiger partial charge is 0.251 e. The van der Waals surface area contributed by atoms with E-state index < -0.39 is 0 Å². The van der Waals surface area contributed by atoms with Gasteiger partial charge in [-0.15, -0.1) is 0 Å². The molecule has 2 aromatic carbocycles. The number of para-hydroxylation sites is 1. The average Bonchev–Trinajstić information content (AvgIpc) is 2.96. The molecule has 2 fully saturated rings. The third-order valence-electron chi connectivity index (χ3n) is 5.14. The van der Waals surface area contributed by atoms with E-state index in [1.165, 1.54) is 4.90 Å². The van der Waals surface area contributed by atoms with Crippen LogP contribution in [0.15, 0.2) is 53.0 Å². The van der Waals surface area contributed by atoms with Crippen LogP contribution in [0.4, 0.5) is 11.4 Å². The Kier molecular flexibility index (Phi) is 5.21. The molecule has 0 saturated carbocycles. The van der Waals surface area contributed by atoms with Gasteiger partial charge < -0.3 is 4.90 Å². The quantitative estimate of drug-likeness (QED) is 0.674. The second kappa shape index (κ2) is 7.62. The van der Waals surface area contributed by atoms with Gasteiger partial charge in [0.15, 0.2) is 0 Å². The van der Waals surface area contributed by atoms with Crippen molar-refractivity contribution in [2.24, 2.45) is 0 Å². The van der Waals surface area contributed by atoms with Gasteiger partial charge in [0, 0.05) is 30.7 Å². The molecule has 5 nitrogen and oxygen atoms in total. The Morgan fingerprint density at radius 1 is 0.963 bits per heavy atom. The van der Waals surface area contributed by atoms with Crippen LogP contribution in [0.1, 0.15) is 6.42 Å². The molecule has 0 bridgehead atoms. The number of nitrogens with zero attached hydrogens (tertiary/aromatic N) is 3. The fraction of sp³-hybridized carbons (Fsp3) is 0.300. The van der Waals surface area contributed by atoms with Crippen molar-refractivity contribution in [3.8, 4) is 0 Å². The molecular weight excluding hydrogens is 430 g/mol. The molecule has 0 aromatic heterocycles. The number of rotatable bonds is 3. The van der Waals surface area contributed by atoms with Crippen molar-refractivity contribution >= 4 is 50.7 Å². The van der Waals surface area contributed by atoms with Gasteiger partial charge in [0.05, 0.1) is 28.9 Å². The van der Waals surface area contributed by atoms with Crippen LogP contribution < -0.4 is 9.80 Å². The Bertz CT molecular complexity index is 883. The molecule has 0 unspecified atom stereocenters. The summed E-state index contributed by atoms with van der Waals surface area (Å²) in [6, 6.07) is 14.7. The third-order valence-corrected chi connectivity index (χ3v) is 5.95. The van der Waals surface area contributed by atoms with Crippen LogP contribution in [-0.2, 0) is 9.59 Å². The number of hydrogen-bond acceptors (Lipinski definition) is 4. The lowest BCUT2D eigenvalue weighted by molar-refractivity contribution is -0.123. The van der Waals surface area contributed by atoms with Crippen LogP contribution in [0.2, 0.25) is 5.02 Å². The minimum atomic E-state index is -0.384. The van der Waals surface area contributed by atoms with Crippen molar-refractivity contribution in [1.29, 1.82) is 0 Å². The summed E-state index contributed by atoms with van der Waals surface area (Å²) in [5, 5.41) is 0.735. The molecule has 2 aliphatic heterocycles. The van der Waals surface area contributed by atoms with Crippen LogP contribution in [0, 0.1) is 0 Å². The number of halogens is 2. The summed E-state index contributed by atoms with van der Waals surface area (Å²) in [6.45, 7) is 3.00. The van der Waals surface area contributed by atoms with Gasteiger partial charge in [0.2, 0.25) is 5.91 Å². The van der Waals surface area contributed by atoms with E-state index in [4.69, 9.17) is 11.6 Å². The van der Waals surface area contributed by atoms with Gasteiger partial charge in [-0.1, -0.05) is 45.7 Å². The Morgan fingerprint density at radius 2 is 1.70 bits per heavy atom. The fourth-order valence-electron chi connectivity index (χ4n) is 3.77. The first-order valence-corrected chi connectivity index (χ1v) is 10.1. The van der Waals surface area contributed by atoms with E-state index >= 15 is 0 Å². The van der Waals surface area contributed by atoms with Gasteiger partial charge in [0.25, 0.3) is 5.91 Å². The van der Waals surface area contributed by atoms with Gasteiger partial charge in [-0.05, 0) is 30.3 Å². The summed E-state index contributed by atoms with van der Waals surface area (Å²) in [7, 11) is 0. The highest BCUT2D eigenvalue weighted by Gasteiger charge is 2.43. The molecule has 0 aliphatic carbocycles. The molecule has 0 N–H and O–H groups in total. The predicted octanol–water partition coefficient (Wildman–Crippen LogP) is 3.56. The largest absolute Gasteiger partial charge is 0.368 e. The highest BCUT2D eigenvalue weighted by atomic mass is 79.9. The Balaban J connectivity index is 1.45. The minimum Gasteiger partial charge on any atom is -0.368 e. The zero-order valence-corrected chi connectivity index (χ0v) is 17.0. The number of carbonyl (C=O) groups is 2. The highest BCUT2D eigenvalue weighted by molar-refractivity contribution is 9.10. The molecule has 2 saturated heterocycles. The summed E-state index contributed by atoms with van der Waals surface area (Å²) < 4.78 is 0.845.